The topological polar surface area (TPSA) is 75.6 Å². The first-order valence-electron chi connectivity index (χ1n) is 9.42. The van der Waals surface area contributed by atoms with Crippen molar-refractivity contribution in [3.63, 3.8) is 0 Å². The molecule has 0 aromatic carbocycles. The van der Waals surface area contributed by atoms with Crippen LogP contribution in [0.15, 0.2) is 12.1 Å². The second-order valence-electron chi connectivity index (χ2n) is 7.20. The Bertz CT molecular complexity index is 833. The van der Waals surface area contributed by atoms with E-state index in [9.17, 15) is 4.79 Å². The minimum Gasteiger partial charge on any atom is -0.345 e. The Labute approximate surface area is 154 Å². The fraction of sp³-hybridized carbons (Fsp3) is 0.550. The number of hydrogen-bond donors (Lipinski definition) is 1. The third-order valence-electron chi connectivity index (χ3n) is 5.33. The fourth-order valence-corrected chi connectivity index (χ4v) is 4.05. The smallest absolute Gasteiger partial charge is 0.258 e. The molecule has 1 saturated carbocycles. The van der Waals surface area contributed by atoms with Crippen LogP contribution in [0.25, 0.3) is 0 Å². The number of nitriles is 1. The van der Waals surface area contributed by atoms with E-state index in [1.165, 1.54) is 32.1 Å². The molecule has 0 bridgehead atoms. The van der Waals surface area contributed by atoms with Crippen LogP contribution in [0.4, 0.5) is 5.82 Å². The molecule has 2 heterocycles. The minimum absolute atomic E-state index is 0.120. The summed E-state index contributed by atoms with van der Waals surface area (Å²) in [6.07, 6.45) is 6.64. The molecule has 1 aliphatic rings. The Balaban J connectivity index is 1.77. The Kier molecular flexibility index (Phi) is 5.46. The number of nitrogens with zero attached hydrogens (tertiary/aromatic N) is 4. The zero-order chi connectivity index (χ0) is 18.7. The summed E-state index contributed by atoms with van der Waals surface area (Å²) in [5.74, 6) is 0.415. The average Bonchev–Trinajstić information content (AvgIpc) is 3.12. The Morgan fingerprint density at radius 3 is 2.65 bits per heavy atom. The van der Waals surface area contributed by atoms with Crippen LogP contribution in [0.1, 0.15) is 72.0 Å². The number of carbonyl (C=O) groups is 1. The lowest BCUT2D eigenvalue weighted by molar-refractivity contribution is 0.102. The molecule has 0 radical (unpaired) electrons. The highest BCUT2D eigenvalue weighted by Gasteiger charge is 2.23. The molecule has 6 nitrogen and oxygen atoms in total. The molecule has 1 fully saturated rings. The molecule has 1 aliphatic carbocycles. The average molecular weight is 353 g/mol. The standard InChI is InChI=1S/C20H27N5O/c1-14-13-19(23-24(14)11-7-10-21)22-20(26)18-12-15(2)25(16(18)3)17-8-5-4-6-9-17/h12-13,17H,4-9,11H2,1-3H3,(H,22,23,26). The number of aromatic nitrogens is 3. The van der Waals surface area contributed by atoms with Crippen molar-refractivity contribution in [2.45, 2.75) is 71.9 Å². The van der Waals surface area contributed by atoms with Gasteiger partial charge in [-0.3, -0.25) is 9.48 Å². The third-order valence-corrected chi connectivity index (χ3v) is 5.33. The van der Waals surface area contributed by atoms with Crippen molar-refractivity contribution in [3.8, 4) is 6.07 Å². The first kappa shape index (κ1) is 18.2. The first-order valence-corrected chi connectivity index (χ1v) is 9.42. The maximum atomic E-state index is 12.8. The monoisotopic (exact) mass is 353 g/mol. The molecule has 2 aromatic rings. The molecule has 0 unspecified atom stereocenters. The summed E-state index contributed by atoms with van der Waals surface area (Å²) in [5.41, 5.74) is 3.84. The van der Waals surface area contributed by atoms with Crippen LogP contribution in [0.3, 0.4) is 0 Å². The Hall–Kier alpha value is -2.55. The lowest BCUT2D eigenvalue weighted by Crippen LogP contribution is -2.17. The normalized spacial score (nSPS) is 15.0. The maximum Gasteiger partial charge on any atom is 0.258 e. The molecule has 0 spiro atoms. The van der Waals surface area contributed by atoms with Gasteiger partial charge in [-0.05, 0) is 39.7 Å². The summed E-state index contributed by atoms with van der Waals surface area (Å²) in [7, 11) is 0. The third kappa shape index (κ3) is 3.67. The van der Waals surface area contributed by atoms with Crippen molar-refractivity contribution in [3.05, 3.63) is 34.8 Å². The second-order valence-corrected chi connectivity index (χ2v) is 7.20. The van der Waals surface area contributed by atoms with E-state index in [4.69, 9.17) is 5.26 Å². The van der Waals surface area contributed by atoms with Gasteiger partial charge in [0.05, 0.1) is 24.6 Å². The molecule has 2 aromatic heterocycles. The molecular formula is C20H27N5O. The van der Waals surface area contributed by atoms with Crippen LogP contribution >= 0.6 is 0 Å². The zero-order valence-electron chi connectivity index (χ0n) is 15.9. The Morgan fingerprint density at radius 2 is 1.96 bits per heavy atom. The van der Waals surface area contributed by atoms with E-state index in [1.54, 1.807) is 4.68 Å². The fourth-order valence-electron chi connectivity index (χ4n) is 4.05. The van der Waals surface area contributed by atoms with Crippen LogP contribution in [0.5, 0.6) is 0 Å². The van der Waals surface area contributed by atoms with E-state index in [0.717, 1.165) is 22.6 Å². The van der Waals surface area contributed by atoms with Gasteiger partial charge in [0.1, 0.15) is 0 Å². The lowest BCUT2D eigenvalue weighted by Gasteiger charge is -2.26. The van der Waals surface area contributed by atoms with Gasteiger partial charge in [0, 0.05) is 29.2 Å². The summed E-state index contributed by atoms with van der Waals surface area (Å²) < 4.78 is 4.09. The molecule has 0 saturated heterocycles. The summed E-state index contributed by atoms with van der Waals surface area (Å²) in [6, 6.07) is 6.46. The zero-order valence-corrected chi connectivity index (χ0v) is 15.9. The van der Waals surface area contributed by atoms with Crippen molar-refractivity contribution in [1.82, 2.24) is 14.3 Å². The number of carbonyl (C=O) groups excluding carboxylic acids is 1. The van der Waals surface area contributed by atoms with Crippen LogP contribution in [0.2, 0.25) is 0 Å². The lowest BCUT2D eigenvalue weighted by atomic mass is 9.95. The molecule has 6 heteroatoms. The van der Waals surface area contributed by atoms with Gasteiger partial charge in [-0.1, -0.05) is 19.3 Å². The summed E-state index contributed by atoms with van der Waals surface area (Å²) >= 11 is 0. The second kappa shape index (κ2) is 7.77. The van der Waals surface area contributed by atoms with E-state index in [0.29, 0.717) is 24.8 Å². The number of hydrogen-bond acceptors (Lipinski definition) is 3. The van der Waals surface area contributed by atoms with Crippen LogP contribution in [-0.4, -0.2) is 20.3 Å². The molecule has 0 atom stereocenters. The summed E-state index contributed by atoms with van der Waals surface area (Å²) in [6.45, 7) is 6.58. The van der Waals surface area contributed by atoms with Crippen molar-refractivity contribution in [1.29, 1.82) is 5.26 Å². The Morgan fingerprint density at radius 1 is 1.23 bits per heavy atom. The summed E-state index contributed by atoms with van der Waals surface area (Å²) in [5, 5.41) is 16.0. The number of rotatable bonds is 5. The van der Waals surface area contributed by atoms with Gasteiger partial charge in [0.15, 0.2) is 5.82 Å². The van der Waals surface area contributed by atoms with Crippen molar-refractivity contribution >= 4 is 11.7 Å². The van der Waals surface area contributed by atoms with Crippen molar-refractivity contribution in [2.75, 3.05) is 5.32 Å². The van der Waals surface area contributed by atoms with Crippen molar-refractivity contribution < 1.29 is 4.79 Å². The predicted octanol–water partition coefficient (Wildman–Crippen LogP) is 4.28. The molecule has 1 N–H and O–H groups in total. The van der Waals surface area contributed by atoms with E-state index >= 15 is 0 Å². The van der Waals surface area contributed by atoms with Gasteiger partial charge in [-0.15, -0.1) is 0 Å². The minimum atomic E-state index is -0.120. The van der Waals surface area contributed by atoms with Crippen molar-refractivity contribution in [2.24, 2.45) is 0 Å². The quantitative estimate of drug-likeness (QED) is 0.871. The molecule has 138 valence electrons. The maximum absolute atomic E-state index is 12.8. The van der Waals surface area contributed by atoms with Crippen LogP contribution in [-0.2, 0) is 6.54 Å². The van der Waals surface area contributed by atoms with Gasteiger partial charge >= 0.3 is 0 Å². The highest BCUT2D eigenvalue weighted by atomic mass is 16.1. The van der Waals surface area contributed by atoms with E-state index < -0.39 is 0 Å². The highest BCUT2D eigenvalue weighted by molar-refractivity contribution is 6.04. The predicted molar refractivity (Wildman–Crippen MR) is 101 cm³/mol. The number of nitrogens with one attached hydrogen (secondary N) is 1. The van der Waals surface area contributed by atoms with E-state index in [1.807, 2.05) is 26.0 Å². The van der Waals surface area contributed by atoms with Crippen LogP contribution in [0, 0.1) is 32.1 Å². The number of aryl methyl sites for hydroxylation is 3. The molecule has 26 heavy (non-hydrogen) atoms. The number of amides is 1. The number of anilines is 1. The molecule has 1 amide bonds. The van der Waals surface area contributed by atoms with Gasteiger partial charge in [-0.2, -0.15) is 10.4 Å². The van der Waals surface area contributed by atoms with Gasteiger partial charge in [0.2, 0.25) is 0 Å². The van der Waals surface area contributed by atoms with Gasteiger partial charge in [-0.25, -0.2) is 0 Å². The summed E-state index contributed by atoms with van der Waals surface area (Å²) in [4.78, 5) is 12.8. The molecule has 3 rings (SSSR count). The molecule has 0 aliphatic heterocycles. The van der Waals surface area contributed by atoms with E-state index in [-0.39, 0.29) is 5.91 Å². The molecular weight excluding hydrogens is 326 g/mol. The largest absolute Gasteiger partial charge is 0.345 e. The van der Waals surface area contributed by atoms with Gasteiger partial charge < -0.3 is 9.88 Å². The van der Waals surface area contributed by atoms with Crippen LogP contribution < -0.4 is 5.32 Å². The SMILES string of the molecule is Cc1cc(NC(=O)c2cc(C)n(C3CCCCC3)c2C)nn1CCC#N. The van der Waals surface area contributed by atoms with Gasteiger partial charge in [0.25, 0.3) is 5.91 Å². The van der Waals surface area contributed by atoms with E-state index in [2.05, 4.69) is 28.0 Å². The first-order chi connectivity index (χ1) is 12.5. The highest BCUT2D eigenvalue weighted by Crippen LogP contribution is 2.32.